The molecule has 0 aliphatic rings. The van der Waals surface area contributed by atoms with Crippen LogP contribution in [0.1, 0.15) is 5.56 Å². The van der Waals surface area contributed by atoms with Crippen molar-refractivity contribution in [3.63, 3.8) is 0 Å². The van der Waals surface area contributed by atoms with Gasteiger partial charge in [0.2, 0.25) is 5.91 Å². The standard InChI is InChI=1S/C12H17NO3/c1-15-12(16-2)9-13-11(14)8-10-6-4-3-5-7-10/h3-7,12H,8-9H2,1-2H3,(H,13,14). The molecule has 0 heterocycles. The van der Waals surface area contributed by atoms with Crippen molar-refractivity contribution in [3.05, 3.63) is 35.9 Å². The van der Waals surface area contributed by atoms with Gasteiger partial charge in [-0.25, -0.2) is 0 Å². The van der Waals surface area contributed by atoms with E-state index >= 15 is 0 Å². The number of hydrogen-bond donors (Lipinski definition) is 1. The van der Waals surface area contributed by atoms with Gasteiger partial charge in [-0.1, -0.05) is 30.3 Å². The van der Waals surface area contributed by atoms with Gasteiger partial charge in [-0.05, 0) is 5.56 Å². The fourth-order valence-corrected chi connectivity index (χ4v) is 1.30. The van der Waals surface area contributed by atoms with E-state index in [1.54, 1.807) is 0 Å². The van der Waals surface area contributed by atoms with Crippen LogP contribution in [0.15, 0.2) is 30.3 Å². The summed E-state index contributed by atoms with van der Waals surface area (Å²) in [4.78, 5) is 11.5. The van der Waals surface area contributed by atoms with Crippen LogP contribution in [0.3, 0.4) is 0 Å². The number of nitrogens with one attached hydrogen (secondary N) is 1. The average molecular weight is 223 g/mol. The van der Waals surface area contributed by atoms with E-state index in [9.17, 15) is 4.79 Å². The predicted octanol–water partition coefficient (Wildman–Crippen LogP) is 0.964. The molecule has 1 aromatic rings. The van der Waals surface area contributed by atoms with Crippen LogP contribution in [0.5, 0.6) is 0 Å². The summed E-state index contributed by atoms with van der Waals surface area (Å²) < 4.78 is 9.93. The number of benzene rings is 1. The Morgan fingerprint density at radius 3 is 2.44 bits per heavy atom. The lowest BCUT2D eigenvalue weighted by Gasteiger charge is -2.13. The first-order chi connectivity index (χ1) is 7.76. The topological polar surface area (TPSA) is 47.6 Å². The summed E-state index contributed by atoms with van der Waals surface area (Å²) in [5.74, 6) is -0.0368. The van der Waals surface area contributed by atoms with Gasteiger partial charge in [0.05, 0.1) is 13.0 Å². The van der Waals surface area contributed by atoms with Gasteiger partial charge in [-0.3, -0.25) is 4.79 Å². The Kier molecular flexibility index (Phi) is 5.53. The molecule has 1 rings (SSSR count). The lowest BCUT2D eigenvalue weighted by molar-refractivity contribution is -0.126. The van der Waals surface area contributed by atoms with E-state index in [0.29, 0.717) is 13.0 Å². The molecule has 0 radical (unpaired) electrons. The maximum Gasteiger partial charge on any atom is 0.224 e. The van der Waals surface area contributed by atoms with E-state index in [4.69, 9.17) is 9.47 Å². The van der Waals surface area contributed by atoms with Gasteiger partial charge in [0, 0.05) is 14.2 Å². The van der Waals surface area contributed by atoms with Crippen molar-refractivity contribution < 1.29 is 14.3 Å². The van der Waals surface area contributed by atoms with Crippen molar-refractivity contribution in [1.29, 1.82) is 0 Å². The summed E-state index contributed by atoms with van der Waals surface area (Å²) in [5.41, 5.74) is 0.992. The molecule has 4 nitrogen and oxygen atoms in total. The highest BCUT2D eigenvalue weighted by Gasteiger charge is 2.07. The molecule has 0 atom stereocenters. The van der Waals surface area contributed by atoms with Crippen molar-refractivity contribution in [2.75, 3.05) is 20.8 Å². The number of carbonyl (C=O) groups is 1. The van der Waals surface area contributed by atoms with Gasteiger partial charge in [0.1, 0.15) is 0 Å². The molecule has 0 bridgehead atoms. The minimum absolute atomic E-state index is 0.0368. The zero-order valence-corrected chi connectivity index (χ0v) is 9.60. The van der Waals surface area contributed by atoms with Crippen LogP contribution in [0.2, 0.25) is 0 Å². The van der Waals surface area contributed by atoms with Crippen molar-refractivity contribution >= 4 is 5.91 Å². The molecule has 1 aromatic carbocycles. The maximum atomic E-state index is 11.5. The zero-order chi connectivity index (χ0) is 11.8. The molecule has 0 aliphatic heterocycles. The lowest BCUT2D eigenvalue weighted by atomic mass is 10.1. The highest BCUT2D eigenvalue weighted by molar-refractivity contribution is 5.78. The third-order valence-electron chi connectivity index (χ3n) is 2.20. The summed E-state index contributed by atoms with van der Waals surface area (Å²) in [7, 11) is 3.08. The first-order valence-electron chi connectivity index (χ1n) is 5.12. The molecule has 88 valence electrons. The van der Waals surface area contributed by atoms with E-state index in [2.05, 4.69) is 5.32 Å². The summed E-state index contributed by atoms with van der Waals surface area (Å²) in [5, 5.41) is 2.74. The number of carbonyl (C=O) groups excluding carboxylic acids is 1. The van der Waals surface area contributed by atoms with Crippen molar-refractivity contribution in [3.8, 4) is 0 Å². The number of ether oxygens (including phenoxy) is 2. The highest BCUT2D eigenvalue weighted by atomic mass is 16.7. The summed E-state index contributed by atoms with van der Waals surface area (Å²) in [6, 6.07) is 9.59. The van der Waals surface area contributed by atoms with Crippen molar-refractivity contribution in [2.24, 2.45) is 0 Å². The van der Waals surface area contributed by atoms with Crippen LogP contribution in [-0.2, 0) is 20.7 Å². The minimum Gasteiger partial charge on any atom is -0.354 e. The quantitative estimate of drug-likeness (QED) is 0.731. The molecule has 0 aliphatic carbocycles. The Morgan fingerprint density at radius 2 is 1.88 bits per heavy atom. The average Bonchev–Trinajstić information content (AvgIpc) is 2.31. The first kappa shape index (κ1) is 12.7. The van der Waals surface area contributed by atoms with Crippen LogP contribution in [0.25, 0.3) is 0 Å². The minimum atomic E-state index is -0.389. The Morgan fingerprint density at radius 1 is 1.25 bits per heavy atom. The van der Waals surface area contributed by atoms with Crippen LogP contribution in [0.4, 0.5) is 0 Å². The van der Waals surface area contributed by atoms with Crippen LogP contribution < -0.4 is 5.32 Å². The molecule has 16 heavy (non-hydrogen) atoms. The molecule has 0 unspecified atom stereocenters. The van der Waals surface area contributed by atoms with Gasteiger partial charge in [-0.15, -0.1) is 0 Å². The number of amides is 1. The van der Waals surface area contributed by atoms with Crippen molar-refractivity contribution in [1.82, 2.24) is 5.32 Å². The maximum absolute atomic E-state index is 11.5. The summed E-state index contributed by atoms with van der Waals surface area (Å²) >= 11 is 0. The second kappa shape index (κ2) is 6.98. The summed E-state index contributed by atoms with van der Waals surface area (Å²) in [6.45, 7) is 0.360. The van der Waals surface area contributed by atoms with E-state index in [1.807, 2.05) is 30.3 Å². The van der Waals surface area contributed by atoms with Gasteiger partial charge < -0.3 is 14.8 Å². The Labute approximate surface area is 95.6 Å². The lowest BCUT2D eigenvalue weighted by Crippen LogP contribution is -2.34. The molecule has 0 saturated heterocycles. The third kappa shape index (κ3) is 4.42. The van der Waals surface area contributed by atoms with Gasteiger partial charge >= 0.3 is 0 Å². The van der Waals surface area contributed by atoms with Crippen LogP contribution >= 0.6 is 0 Å². The fourth-order valence-electron chi connectivity index (χ4n) is 1.30. The number of methoxy groups -OCH3 is 2. The molecule has 1 N–H and O–H groups in total. The molecular weight excluding hydrogens is 206 g/mol. The number of rotatable bonds is 6. The smallest absolute Gasteiger partial charge is 0.224 e. The largest absolute Gasteiger partial charge is 0.354 e. The Bertz CT molecular complexity index is 309. The molecule has 0 saturated carbocycles. The monoisotopic (exact) mass is 223 g/mol. The van der Waals surface area contributed by atoms with Gasteiger partial charge in [0.25, 0.3) is 0 Å². The van der Waals surface area contributed by atoms with Gasteiger partial charge in [-0.2, -0.15) is 0 Å². The van der Waals surface area contributed by atoms with Crippen LogP contribution in [0, 0.1) is 0 Å². The molecule has 0 spiro atoms. The molecule has 0 fully saturated rings. The normalized spacial score (nSPS) is 10.4. The molecular formula is C12H17NO3. The molecule has 0 aromatic heterocycles. The predicted molar refractivity (Wildman–Crippen MR) is 61.0 cm³/mol. The Hall–Kier alpha value is -1.39. The molecule has 4 heteroatoms. The Balaban J connectivity index is 2.31. The second-order valence-electron chi connectivity index (χ2n) is 3.37. The second-order valence-corrected chi connectivity index (χ2v) is 3.37. The summed E-state index contributed by atoms with van der Waals surface area (Å²) in [6.07, 6.45) is -0.0132. The third-order valence-corrected chi connectivity index (χ3v) is 2.20. The van der Waals surface area contributed by atoms with E-state index in [1.165, 1.54) is 14.2 Å². The highest BCUT2D eigenvalue weighted by Crippen LogP contribution is 1.99. The van der Waals surface area contributed by atoms with E-state index < -0.39 is 0 Å². The van der Waals surface area contributed by atoms with Gasteiger partial charge in [0.15, 0.2) is 6.29 Å². The van der Waals surface area contributed by atoms with Crippen LogP contribution in [-0.4, -0.2) is 33.0 Å². The van der Waals surface area contributed by atoms with E-state index in [-0.39, 0.29) is 12.2 Å². The zero-order valence-electron chi connectivity index (χ0n) is 9.60. The van der Waals surface area contributed by atoms with Crippen molar-refractivity contribution in [2.45, 2.75) is 12.7 Å². The molecule has 1 amide bonds. The van der Waals surface area contributed by atoms with E-state index in [0.717, 1.165) is 5.56 Å². The fraction of sp³-hybridized carbons (Fsp3) is 0.417. The first-order valence-corrected chi connectivity index (χ1v) is 5.12. The number of hydrogen-bond acceptors (Lipinski definition) is 3. The SMILES string of the molecule is COC(CNC(=O)Cc1ccccc1)OC.